The van der Waals surface area contributed by atoms with E-state index in [2.05, 4.69) is 66.9 Å². The standard InChI is InChI=1S/C32H46N6O3/c1-9-24(4)30(33-16-15-22(2)13-14-28(40-8)26(6)39-7)37-31(38-17-19-41-20-18-38)29-25(5)34-32(36-29)35-27-12-10-11-23(3)21-27/h10-14,21,33H,6,9,15-20H2,1-5,7-8H3,(H2,34,35,36)/b22-13+,28-14+,30-24?,37-31+. The van der Waals surface area contributed by atoms with Gasteiger partial charge in [0, 0.05) is 31.0 Å². The molecule has 1 aromatic heterocycles. The lowest BCUT2D eigenvalue weighted by atomic mass is 10.2. The molecule has 0 radical (unpaired) electrons. The molecule has 0 spiro atoms. The second-order valence-corrected chi connectivity index (χ2v) is 10.1. The van der Waals surface area contributed by atoms with Crippen molar-refractivity contribution in [1.29, 1.82) is 0 Å². The van der Waals surface area contributed by atoms with Gasteiger partial charge in [0.2, 0.25) is 5.95 Å². The summed E-state index contributed by atoms with van der Waals surface area (Å²) in [6, 6.07) is 8.24. The Hall–Kier alpha value is -3.98. The van der Waals surface area contributed by atoms with Gasteiger partial charge in [-0.05, 0) is 69.9 Å². The van der Waals surface area contributed by atoms with Crippen molar-refractivity contribution in [3.63, 3.8) is 0 Å². The SMILES string of the molecule is C=C(OC)/C(=C\C=C(/C)CCNC(/N=C(\c1nc(Nc2cccc(C)c2)[nH]c1C)N1CCOCC1)=C(C)CC)OC. The number of nitrogens with one attached hydrogen (secondary N) is 3. The molecule has 9 heteroatoms. The molecule has 41 heavy (non-hydrogen) atoms. The van der Waals surface area contributed by atoms with Gasteiger partial charge in [-0.25, -0.2) is 9.98 Å². The Morgan fingerprint density at radius 3 is 2.59 bits per heavy atom. The highest BCUT2D eigenvalue weighted by molar-refractivity contribution is 5.99. The second-order valence-electron chi connectivity index (χ2n) is 10.1. The number of hydrogen-bond acceptors (Lipinski definition) is 7. The van der Waals surface area contributed by atoms with Gasteiger partial charge in [-0.1, -0.05) is 37.3 Å². The summed E-state index contributed by atoms with van der Waals surface area (Å²) in [5.41, 5.74) is 6.33. The van der Waals surface area contributed by atoms with Gasteiger partial charge >= 0.3 is 0 Å². The lowest BCUT2D eigenvalue weighted by Crippen LogP contribution is -2.42. The summed E-state index contributed by atoms with van der Waals surface area (Å²) >= 11 is 0. The first-order valence-corrected chi connectivity index (χ1v) is 14.2. The predicted molar refractivity (Wildman–Crippen MR) is 167 cm³/mol. The number of H-pyrrole nitrogens is 1. The Morgan fingerprint density at radius 2 is 1.93 bits per heavy atom. The van der Waals surface area contributed by atoms with Gasteiger partial charge < -0.3 is 34.7 Å². The number of aromatic nitrogens is 2. The van der Waals surface area contributed by atoms with Crippen LogP contribution < -0.4 is 10.6 Å². The van der Waals surface area contributed by atoms with Crippen molar-refractivity contribution in [3.8, 4) is 0 Å². The third-order valence-corrected chi connectivity index (χ3v) is 6.91. The molecule has 3 N–H and O–H groups in total. The van der Waals surface area contributed by atoms with Crippen LogP contribution in [0.4, 0.5) is 11.6 Å². The summed E-state index contributed by atoms with van der Waals surface area (Å²) in [7, 11) is 3.19. The molecule has 0 unspecified atom stereocenters. The number of amidine groups is 1. The fraction of sp³-hybridized carbons (Fsp3) is 0.438. The normalized spacial score (nSPS) is 15.4. The van der Waals surface area contributed by atoms with Crippen LogP contribution in [0.1, 0.15) is 50.6 Å². The molecule has 0 aliphatic carbocycles. The van der Waals surface area contributed by atoms with Gasteiger partial charge in [0.1, 0.15) is 11.5 Å². The number of nitrogens with zero attached hydrogens (tertiary/aromatic N) is 3. The van der Waals surface area contributed by atoms with Gasteiger partial charge in [-0.2, -0.15) is 0 Å². The maximum Gasteiger partial charge on any atom is 0.205 e. The van der Waals surface area contributed by atoms with Gasteiger partial charge in [0.25, 0.3) is 0 Å². The molecule has 2 aromatic rings. The van der Waals surface area contributed by atoms with Crippen LogP contribution in [0.3, 0.4) is 0 Å². The summed E-state index contributed by atoms with van der Waals surface area (Å²) in [6.07, 6.45) is 5.63. The van der Waals surface area contributed by atoms with Crippen LogP contribution in [0, 0.1) is 13.8 Å². The summed E-state index contributed by atoms with van der Waals surface area (Å²) < 4.78 is 16.2. The predicted octanol–water partition coefficient (Wildman–Crippen LogP) is 6.11. The molecular weight excluding hydrogens is 516 g/mol. The van der Waals surface area contributed by atoms with E-state index in [-0.39, 0.29) is 0 Å². The number of aryl methyl sites for hydroxylation is 2. The van der Waals surface area contributed by atoms with Crippen LogP contribution in [0.5, 0.6) is 0 Å². The third-order valence-electron chi connectivity index (χ3n) is 6.91. The van der Waals surface area contributed by atoms with Crippen molar-refractivity contribution in [3.05, 3.63) is 88.4 Å². The summed E-state index contributed by atoms with van der Waals surface area (Å²) in [5.74, 6) is 3.50. The Labute approximate surface area is 245 Å². The van der Waals surface area contributed by atoms with Crippen molar-refractivity contribution in [2.24, 2.45) is 4.99 Å². The summed E-state index contributed by atoms with van der Waals surface area (Å²) in [5, 5.41) is 7.00. The molecule has 2 heterocycles. The van der Waals surface area contributed by atoms with Crippen LogP contribution in [0.2, 0.25) is 0 Å². The summed E-state index contributed by atoms with van der Waals surface area (Å²) in [4.78, 5) is 15.8. The van der Waals surface area contributed by atoms with Crippen LogP contribution >= 0.6 is 0 Å². The summed E-state index contributed by atoms with van der Waals surface area (Å²) in [6.45, 7) is 17.9. The van der Waals surface area contributed by atoms with Gasteiger partial charge in [-0.15, -0.1) is 0 Å². The monoisotopic (exact) mass is 562 g/mol. The first-order valence-electron chi connectivity index (χ1n) is 14.2. The van der Waals surface area contributed by atoms with E-state index in [1.54, 1.807) is 14.2 Å². The van der Waals surface area contributed by atoms with E-state index in [0.29, 0.717) is 30.7 Å². The van der Waals surface area contributed by atoms with Crippen molar-refractivity contribution in [2.75, 3.05) is 52.4 Å². The lowest BCUT2D eigenvalue weighted by Gasteiger charge is -2.30. The van der Waals surface area contributed by atoms with E-state index in [1.165, 1.54) is 16.7 Å². The molecule has 1 aliphatic heterocycles. The first kappa shape index (κ1) is 31.5. The topological polar surface area (TPSA) is 96.0 Å². The molecule has 3 rings (SSSR count). The van der Waals surface area contributed by atoms with Gasteiger partial charge in [0.15, 0.2) is 17.4 Å². The molecule has 1 aliphatic rings. The molecule has 0 atom stereocenters. The van der Waals surface area contributed by atoms with E-state index in [4.69, 9.17) is 24.2 Å². The number of allylic oxidation sites excluding steroid dienone is 3. The molecule has 1 aromatic carbocycles. The molecule has 222 valence electrons. The number of benzene rings is 1. The molecule has 1 saturated heterocycles. The zero-order chi connectivity index (χ0) is 29.8. The van der Waals surface area contributed by atoms with E-state index < -0.39 is 0 Å². The van der Waals surface area contributed by atoms with Crippen LogP contribution in [0.25, 0.3) is 0 Å². The number of rotatable bonds is 13. The van der Waals surface area contributed by atoms with Gasteiger partial charge in [-0.3, -0.25) is 0 Å². The minimum atomic E-state index is 0.495. The fourth-order valence-electron chi connectivity index (χ4n) is 4.26. The number of anilines is 2. The van der Waals surface area contributed by atoms with Crippen LogP contribution in [0.15, 0.2) is 76.5 Å². The van der Waals surface area contributed by atoms with Crippen molar-refractivity contribution in [2.45, 2.75) is 47.5 Å². The van der Waals surface area contributed by atoms with Gasteiger partial charge in [0.05, 0.1) is 27.4 Å². The lowest BCUT2D eigenvalue weighted by molar-refractivity contribution is 0.0681. The Kier molecular flexibility index (Phi) is 12.1. The van der Waals surface area contributed by atoms with Crippen LogP contribution in [-0.2, 0) is 14.2 Å². The van der Waals surface area contributed by atoms with E-state index >= 15 is 0 Å². The number of aromatic amines is 1. The highest BCUT2D eigenvalue weighted by Gasteiger charge is 2.23. The number of aliphatic imine (C=N–C) groups is 1. The largest absolute Gasteiger partial charge is 0.494 e. The quantitative estimate of drug-likeness (QED) is 0.117. The van der Waals surface area contributed by atoms with Crippen molar-refractivity contribution >= 4 is 17.5 Å². The molecule has 9 nitrogen and oxygen atoms in total. The number of morpholine rings is 1. The van der Waals surface area contributed by atoms with Crippen LogP contribution in [-0.4, -0.2) is 67.8 Å². The van der Waals surface area contributed by atoms with Crippen molar-refractivity contribution < 1.29 is 14.2 Å². The minimum absolute atomic E-state index is 0.495. The number of methoxy groups -OCH3 is 2. The zero-order valence-corrected chi connectivity index (χ0v) is 25.7. The van der Waals surface area contributed by atoms with Crippen molar-refractivity contribution in [1.82, 2.24) is 20.2 Å². The fourth-order valence-corrected chi connectivity index (χ4v) is 4.26. The molecule has 0 bridgehead atoms. The van der Waals surface area contributed by atoms with E-state index in [9.17, 15) is 0 Å². The second kappa shape index (κ2) is 15.7. The Morgan fingerprint density at radius 1 is 1.17 bits per heavy atom. The average molecular weight is 563 g/mol. The van der Waals surface area contributed by atoms with E-state index in [1.807, 2.05) is 31.2 Å². The maximum absolute atomic E-state index is 5.65. The number of hydrogen-bond donors (Lipinski definition) is 3. The molecule has 0 amide bonds. The highest BCUT2D eigenvalue weighted by Crippen LogP contribution is 2.20. The number of imidazole rings is 1. The molecular formula is C32H46N6O3. The highest BCUT2D eigenvalue weighted by atomic mass is 16.5. The zero-order valence-electron chi connectivity index (χ0n) is 25.7. The number of ether oxygens (including phenoxy) is 3. The third kappa shape index (κ3) is 9.28. The van der Waals surface area contributed by atoms with E-state index in [0.717, 1.165) is 61.2 Å². The average Bonchev–Trinajstić information content (AvgIpc) is 3.33. The molecule has 0 saturated carbocycles. The first-order chi connectivity index (χ1) is 19.7. The minimum Gasteiger partial charge on any atom is -0.494 e. The smallest absolute Gasteiger partial charge is 0.205 e. The maximum atomic E-state index is 5.65. The Bertz CT molecular complexity index is 1300. The Balaban J connectivity index is 1.86. The molecule has 1 fully saturated rings.